The zero-order chi connectivity index (χ0) is 20.6. The molecule has 3 nitrogen and oxygen atoms in total. The van der Waals surface area contributed by atoms with Crippen molar-refractivity contribution in [2.75, 3.05) is 13.2 Å². The van der Waals surface area contributed by atoms with Gasteiger partial charge in [-0.25, -0.2) is 0 Å². The molecule has 0 N–H and O–H groups in total. The first-order valence-electron chi connectivity index (χ1n) is 11.7. The Labute approximate surface area is 175 Å². The number of ether oxygens (including phenoxy) is 1. The second-order valence-corrected chi connectivity index (χ2v) is 10.0. The summed E-state index contributed by atoms with van der Waals surface area (Å²) < 4.78 is 5.69. The molecule has 0 unspecified atom stereocenters. The first-order chi connectivity index (χ1) is 13.9. The van der Waals surface area contributed by atoms with Gasteiger partial charge >= 0.3 is 0 Å². The van der Waals surface area contributed by atoms with Crippen LogP contribution in [-0.4, -0.2) is 24.8 Å². The topological polar surface area (TPSA) is 43.4 Å². The molecule has 0 amide bonds. The predicted molar refractivity (Wildman–Crippen MR) is 116 cm³/mol. The van der Waals surface area contributed by atoms with Crippen LogP contribution < -0.4 is 0 Å². The van der Waals surface area contributed by atoms with Crippen molar-refractivity contribution in [2.24, 2.45) is 22.7 Å². The molecular weight excluding hydrogens is 360 g/mol. The normalized spacial score (nSPS) is 35.8. The van der Waals surface area contributed by atoms with E-state index in [1.807, 2.05) is 6.08 Å². The van der Waals surface area contributed by atoms with Crippen molar-refractivity contribution >= 4 is 11.6 Å². The number of rotatable bonds is 7. The lowest BCUT2D eigenvalue weighted by molar-refractivity contribution is -0.121. The van der Waals surface area contributed by atoms with Gasteiger partial charge in [0.05, 0.1) is 0 Å². The Morgan fingerprint density at radius 3 is 2.83 bits per heavy atom. The SMILES string of the molecule is CCCCCOCC(=O)C1=CC[C@H]2[C@@H]3CCC4=CC(=O)CC[C@]4(C)C3=CC[C@]12C. The predicted octanol–water partition coefficient (Wildman–Crippen LogP) is 5.75. The van der Waals surface area contributed by atoms with Crippen LogP contribution in [0.2, 0.25) is 0 Å². The van der Waals surface area contributed by atoms with Crippen LogP contribution in [0, 0.1) is 22.7 Å². The Bertz CT molecular complexity index is 786. The van der Waals surface area contributed by atoms with Crippen molar-refractivity contribution in [3.05, 3.63) is 34.9 Å². The summed E-state index contributed by atoms with van der Waals surface area (Å²) in [6.45, 7) is 7.75. The Hall–Kier alpha value is -1.48. The highest BCUT2D eigenvalue weighted by atomic mass is 16.5. The number of carbonyl (C=O) groups excluding carboxylic acids is 2. The van der Waals surface area contributed by atoms with Crippen molar-refractivity contribution in [1.82, 2.24) is 0 Å². The summed E-state index contributed by atoms with van der Waals surface area (Å²) in [6, 6.07) is 0. The molecule has 0 aromatic carbocycles. The molecule has 4 rings (SSSR count). The van der Waals surface area contributed by atoms with Gasteiger partial charge in [-0.05, 0) is 56.4 Å². The third-order valence-corrected chi connectivity index (χ3v) is 8.34. The monoisotopic (exact) mass is 396 g/mol. The third kappa shape index (κ3) is 3.50. The minimum Gasteiger partial charge on any atom is -0.373 e. The lowest BCUT2D eigenvalue weighted by Crippen LogP contribution is -2.44. The molecule has 0 aromatic rings. The molecule has 0 aromatic heterocycles. The van der Waals surface area contributed by atoms with Crippen LogP contribution in [0.25, 0.3) is 0 Å². The second-order valence-electron chi connectivity index (χ2n) is 10.0. The van der Waals surface area contributed by atoms with E-state index in [0.29, 0.717) is 30.6 Å². The zero-order valence-corrected chi connectivity index (χ0v) is 18.4. The van der Waals surface area contributed by atoms with E-state index in [1.54, 1.807) is 5.57 Å². The summed E-state index contributed by atoms with van der Waals surface area (Å²) in [6.07, 6.45) is 15.7. The smallest absolute Gasteiger partial charge is 0.184 e. The van der Waals surface area contributed by atoms with Crippen molar-refractivity contribution in [3.63, 3.8) is 0 Å². The molecule has 158 valence electrons. The van der Waals surface area contributed by atoms with E-state index in [4.69, 9.17) is 4.74 Å². The highest BCUT2D eigenvalue weighted by Gasteiger charge is 2.54. The van der Waals surface area contributed by atoms with E-state index in [2.05, 4.69) is 32.9 Å². The third-order valence-electron chi connectivity index (χ3n) is 8.34. The average Bonchev–Trinajstić information content (AvgIpc) is 3.05. The van der Waals surface area contributed by atoms with Crippen molar-refractivity contribution in [1.29, 1.82) is 0 Å². The van der Waals surface area contributed by atoms with Crippen LogP contribution in [0.5, 0.6) is 0 Å². The molecule has 0 aliphatic heterocycles. The van der Waals surface area contributed by atoms with Crippen LogP contribution in [0.1, 0.15) is 78.6 Å². The summed E-state index contributed by atoms with van der Waals surface area (Å²) in [5.41, 5.74) is 3.93. The molecule has 0 radical (unpaired) electrons. The van der Waals surface area contributed by atoms with Gasteiger partial charge in [-0.2, -0.15) is 0 Å². The largest absolute Gasteiger partial charge is 0.373 e. The fraction of sp³-hybridized carbons (Fsp3) is 0.692. The van der Waals surface area contributed by atoms with Crippen LogP contribution in [0.15, 0.2) is 34.9 Å². The van der Waals surface area contributed by atoms with Gasteiger partial charge in [0, 0.05) is 29.4 Å². The lowest BCUT2D eigenvalue weighted by Gasteiger charge is -2.53. The van der Waals surface area contributed by atoms with Crippen LogP contribution >= 0.6 is 0 Å². The quantitative estimate of drug-likeness (QED) is 0.406. The molecular formula is C26H36O3. The molecule has 4 aliphatic rings. The Kier molecular flexibility index (Phi) is 5.72. The fourth-order valence-electron chi connectivity index (χ4n) is 6.57. The summed E-state index contributed by atoms with van der Waals surface area (Å²) in [5, 5.41) is 0. The standard InChI is InChI=1S/C26H36O3/c1-4-5-6-15-29-17-24(28)23-10-9-21-20-8-7-18-16-19(27)11-13-25(18,2)22(20)12-14-26(21,23)3/h10,12,16,20-21H,4-9,11,13-15,17H2,1-3H3/t20-,21-,25-,26-/m0/s1. The molecule has 0 bridgehead atoms. The Morgan fingerprint density at radius 2 is 2.03 bits per heavy atom. The number of hydrogen-bond acceptors (Lipinski definition) is 3. The van der Waals surface area contributed by atoms with Crippen molar-refractivity contribution < 1.29 is 14.3 Å². The summed E-state index contributed by atoms with van der Waals surface area (Å²) in [7, 11) is 0. The number of ketones is 2. The van der Waals surface area contributed by atoms with Crippen LogP contribution in [0.4, 0.5) is 0 Å². The Balaban J connectivity index is 1.50. The molecule has 1 fully saturated rings. The van der Waals surface area contributed by atoms with Crippen LogP contribution in [-0.2, 0) is 14.3 Å². The molecule has 0 saturated heterocycles. The molecule has 0 heterocycles. The Morgan fingerprint density at radius 1 is 1.21 bits per heavy atom. The fourth-order valence-corrected chi connectivity index (χ4v) is 6.57. The van der Waals surface area contributed by atoms with E-state index < -0.39 is 0 Å². The summed E-state index contributed by atoms with van der Waals surface area (Å²) in [4.78, 5) is 24.9. The molecule has 1 saturated carbocycles. The van der Waals surface area contributed by atoms with Gasteiger partial charge in [0.2, 0.25) is 0 Å². The number of Topliss-reactive ketones (excluding diaryl/α,β-unsaturated/α-hetero) is 1. The maximum absolute atomic E-state index is 13.0. The minimum atomic E-state index is -0.0555. The van der Waals surface area contributed by atoms with Crippen molar-refractivity contribution in [2.45, 2.75) is 78.6 Å². The van der Waals surface area contributed by atoms with E-state index in [9.17, 15) is 9.59 Å². The van der Waals surface area contributed by atoms with Gasteiger partial charge in [0.1, 0.15) is 6.61 Å². The lowest BCUT2D eigenvalue weighted by atomic mass is 9.51. The van der Waals surface area contributed by atoms with Gasteiger partial charge in [0.25, 0.3) is 0 Å². The number of carbonyl (C=O) groups is 2. The van der Waals surface area contributed by atoms with Gasteiger partial charge < -0.3 is 4.74 Å². The molecule has 0 spiro atoms. The molecule has 4 aliphatic carbocycles. The maximum atomic E-state index is 13.0. The molecule has 29 heavy (non-hydrogen) atoms. The highest BCUT2D eigenvalue weighted by Crippen LogP contribution is 2.63. The zero-order valence-electron chi connectivity index (χ0n) is 18.4. The number of unbranched alkanes of at least 4 members (excludes halogenated alkanes) is 2. The summed E-state index contributed by atoms with van der Waals surface area (Å²) in [5.74, 6) is 1.54. The number of fused-ring (bicyclic) bond motifs is 5. The maximum Gasteiger partial charge on any atom is 0.184 e. The van der Waals surface area contributed by atoms with Gasteiger partial charge in [-0.3, -0.25) is 9.59 Å². The first kappa shape index (κ1) is 20.8. The van der Waals surface area contributed by atoms with E-state index in [0.717, 1.165) is 50.5 Å². The minimum absolute atomic E-state index is 0.0555. The van der Waals surface area contributed by atoms with E-state index >= 15 is 0 Å². The first-order valence-corrected chi connectivity index (χ1v) is 11.7. The number of allylic oxidation sites excluding steroid dienone is 5. The van der Waals surface area contributed by atoms with Crippen molar-refractivity contribution in [3.8, 4) is 0 Å². The number of hydrogen-bond donors (Lipinski definition) is 0. The van der Waals surface area contributed by atoms with Gasteiger partial charge in [-0.15, -0.1) is 0 Å². The molecule has 4 atom stereocenters. The molecule has 3 heteroatoms. The van der Waals surface area contributed by atoms with Crippen LogP contribution in [0.3, 0.4) is 0 Å². The second kappa shape index (κ2) is 7.98. The van der Waals surface area contributed by atoms with E-state index in [-0.39, 0.29) is 23.2 Å². The highest BCUT2D eigenvalue weighted by molar-refractivity contribution is 5.98. The average molecular weight is 397 g/mol. The van der Waals surface area contributed by atoms with Gasteiger partial charge in [0.15, 0.2) is 11.6 Å². The summed E-state index contributed by atoms with van der Waals surface area (Å²) >= 11 is 0. The van der Waals surface area contributed by atoms with E-state index in [1.165, 1.54) is 12.0 Å². The van der Waals surface area contributed by atoms with Gasteiger partial charge in [-0.1, -0.05) is 56.9 Å².